The Hall–Kier alpha value is -1.44. The fraction of sp³-hybridized carbons (Fsp3) is 0.429. The van der Waals surface area contributed by atoms with Gasteiger partial charge in [-0.15, -0.1) is 0 Å². The number of hydrazine groups is 1. The van der Waals surface area contributed by atoms with E-state index >= 15 is 0 Å². The lowest BCUT2D eigenvalue weighted by Gasteiger charge is -2.32. The van der Waals surface area contributed by atoms with E-state index in [9.17, 15) is 9.59 Å². The number of hydrogen-bond acceptors (Lipinski definition) is 4. The smallest absolute Gasteiger partial charge is 0.317 e. The second-order valence-corrected chi connectivity index (χ2v) is 6.06. The Morgan fingerprint density at radius 1 is 1.14 bits per heavy atom. The second-order valence-electron chi connectivity index (χ2n) is 5.14. The third-order valence-electron chi connectivity index (χ3n) is 3.41. The maximum atomic E-state index is 11.9. The predicted octanol–water partition coefficient (Wildman–Crippen LogP) is 0.975. The number of nitrogens with one attached hydrogen (secondary N) is 2. The van der Waals surface area contributed by atoms with Gasteiger partial charge in [0.25, 0.3) is 0 Å². The van der Waals surface area contributed by atoms with Crippen molar-refractivity contribution >= 4 is 33.4 Å². The fourth-order valence-electron chi connectivity index (χ4n) is 2.06. The molecular formula is C14H19BrN4O2. The highest BCUT2D eigenvalue weighted by Gasteiger charge is 2.20. The topological polar surface area (TPSA) is 64.7 Å². The van der Waals surface area contributed by atoms with Crippen LogP contribution >= 0.6 is 15.9 Å². The Morgan fingerprint density at radius 2 is 1.81 bits per heavy atom. The van der Waals surface area contributed by atoms with E-state index in [0.29, 0.717) is 18.8 Å². The second kappa shape index (κ2) is 7.02. The number of piperazine rings is 1. The predicted molar refractivity (Wildman–Crippen MR) is 84.7 cm³/mol. The Kier molecular flexibility index (Phi) is 5.33. The van der Waals surface area contributed by atoms with E-state index in [4.69, 9.17) is 0 Å². The molecular weight excluding hydrogens is 336 g/mol. The van der Waals surface area contributed by atoms with Gasteiger partial charge in [-0.2, -0.15) is 0 Å². The van der Waals surface area contributed by atoms with Gasteiger partial charge in [0.05, 0.1) is 0 Å². The molecule has 0 radical (unpaired) electrons. The van der Waals surface area contributed by atoms with Gasteiger partial charge in [-0.3, -0.25) is 15.0 Å². The molecule has 1 fully saturated rings. The standard InChI is InChI=1S/C14H19BrN4O2/c1-10-9-11(15)3-4-12(10)16-13(20)14(21)17-19-7-5-18(2)6-8-19/h3-4,9H,5-8H2,1-2H3,(H,16,20)(H,17,21). The maximum Gasteiger partial charge on any atom is 0.323 e. The zero-order valence-corrected chi connectivity index (χ0v) is 13.7. The monoisotopic (exact) mass is 354 g/mol. The Balaban J connectivity index is 1.89. The van der Waals surface area contributed by atoms with Crippen molar-refractivity contribution in [2.45, 2.75) is 6.92 Å². The summed E-state index contributed by atoms with van der Waals surface area (Å²) in [7, 11) is 2.03. The molecule has 1 aromatic carbocycles. The first-order valence-electron chi connectivity index (χ1n) is 6.77. The molecule has 6 nitrogen and oxygen atoms in total. The third kappa shape index (κ3) is 4.52. The quantitative estimate of drug-likeness (QED) is 0.777. The highest BCUT2D eigenvalue weighted by molar-refractivity contribution is 9.10. The van der Waals surface area contributed by atoms with Gasteiger partial charge in [0.15, 0.2) is 0 Å². The molecule has 1 aliphatic rings. The number of hydrogen-bond donors (Lipinski definition) is 2. The summed E-state index contributed by atoms with van der Waals surface area (Å²) in [6.45, 7) is 5.04. The van der Waals surface area contributed by atoms with Gasteiger partial charge < -0.3 is 10.2 Å². The Morgan fingerprint density at radius 3 is 2.43 bits per heavy atom. The maximum absolute atomic E-state index is 11.9. The average Bonchev–Trinajstić information content (AvgIpc) is 2.44. The van der Waals surface area contributed by atoms with Crippen molar-refractivity contribution in [2.75, 3.05) is 38.5 Å². The normalized spacial score (nSPS) is 16.5. The van der Waals surface area contributed by atoms with Gasteiger partial charge in [-0.05, 0) is 37.7 Å². The number of aryl methyl sites for hydroxylation is 1. The summed E-state index contributed by atoms with van der Waals surface area (Å²) in [6.07, 6.45) is 0. The SMILES string of the molecule is Cc1cc(Br)ccc1NC(=O)C(=O)NN1CCN(C)CC1. The molecule has 0 aromatic heterocycles. The first kappa shape index (κ1) is 15.9. The van der Waals surface area contributed by atoms with Crippen molar-refractivity contribution in [3.63, 3.8) is 0 Å². The highest BCUT2D eigenvalue weighted by atomic mass is 79.9. The van der Waals surface area contributed by atoms with Crippen LogP contribution in [0.1, 0.15) is 5.56 Å². The molecule has 1 aliphatic heterocycles. The molecule has 21 heavy (non-hydrogen) atoms. The van der Waals surface area contributed by atoms with Crippen LogP contribution in [0.3, 0.4) is 0 Å². The largest absolute Gasteiger partial charge is 0.323 e. The molecule has 2 amide bonds. The molecule has 0 atom stereocenters. The third-order valence-corrected chi connectivity index (χ3v) is 3.90. The molecule has 0 aliphatic carbocycles. The minimum Gasteiger partial charge on any atom is -0.317 e. The number of carbonyl (C=O) groups is 2. The lowest BCUT2D eigenvalue weighted by molar-refractivity contribution is -0.139. The van der Waals surface area contributed by atoms with Crippen LogP contribution in [0.15, 0.2) is 22.7 Å². The van der Waals surface area contributed by atoms with E-state index < -0.39 is 11.8 Å². The number of amides is 2. The van der Waals surface area contributed by atoms with Gasteiger partial charge >= 0.3 is 11.8 Å². The van der Waals surface area contributed by atoms with Crippen LogP contribution in [0.4, 0.5) is 5.69 Å². The molecule has 2 N–H and O–H groups in total. The van der Waals surface area contributed by atoms with E-state index in [1.165, 1.54) is 0 Å². The number of likely N-dealkylation sites (N-methyl/N-ethyl adjacent to an activating group) is 1. The van der Waals surface area contributed by atoms with Crippen molar-refractivity contribution in [1.29, 1.82) is 0 Å². The van der Waals surface area contributed by atoms with Gasteiger partial charge in [0.2, 0.25) is 0 Å². The number of anilines is 1. The molecule has 1 saturated heterocycles. The Bertz CT molecular complexity index is 542. The van der Waals surface area contributed by atoms with Crippen LogP contribution in [0.5, 0.6) is 0 Å². The van der Waals surface area contributed by atoms with Crippen LogP contribution in [0.2, 0.25) is 0 Å². The van der Waals surface area contributed by atoms with E-state index in [-0.39, 0.29) is 0 Å². The molecule has 1 heterocycles. The van der Waals surface area contributed by atoms with E-state index in [0.717, 1.165) is 23.1 Å². The number of rotatable bonds is 2. The fourth-order valence-corrected chi connectivity index (χ4v) is 2.53. The summed E-state index contributed by atoms with van der Waals surface area (Å²) in [5, 5.41) is 4.40. The minimum absolute atomic E-state index is 0.636. The molecule has 114 valence electrons. The van der Waals surface area contributed by atoms with Crippen LogP contribution < -0.4 is 10.7 Å². The van der Waals surface area contributed by atoms with Crippen molar-refractivity contribution in [3.05, 3.63) is 28.2 Å². The molecule has 0 spiro atoms. The van der Waals surface area contributed by atoms with Crippen LogP contribution in [0.25, 0.3) is 0 Å². The number of nitrogens with zero attached hydrogens (tertiary/aromatic N) is 2. The molecule has 7 heteroatoms. The van der Waals surface area contributed by atoms with E-state index in [1.54, 1.807) is 11.1 Å². The summed E-state index contributed by atoms with van der Waals surface area (Å²) in [6, 6.07) is 5.47. The lowest BCUT2D eigenvalue weighted by atomic mass is 10.2. The number of halogens is 1. The highest BCUT2D eigenvalue weighted by Crippen LogP contribution is 2.19. The molecule has 1 aromatic rings. The molecule has 0 bridgehead atoms. The van der Waals surface area contributed by atoms with Gasteiger partial charge in [-0.25, -0.2) is 5.01 Å². The zero-order chi connectivity index (χ0) is 15.4. The molecule has 2 rings (SSSR count). The summed E-state index contributed by atoms with van der Waals surface area (Å²) in [4.78, 5) is 26.0. The van der Waals surface area contributed by atoms with E-state index in [1.807, 2.05) is 26.1 Å². The van der Waals surface area contributed by atoms with Crippen molar-refractivity contribution < 1.29 is 9.59 Å². The van der Waals surface area contributed by atoms with Crippen molar-refractivity contribution in [1.82, 2.24) is 15.3 Å². The molecule has 0 unspecified atom stereocenters. The van der Waals surface area contributed by atoms with Crippen molar-refractivity contribution in [2.24, 2.45) is 0 Å². The minimum atomic E-state index is -0.653. The average molecular weight is 355 g/mol. The van der Waals surface area contributed by atoms with Crippen LogP contribution in [-0.2, 0) is 9.59 Å². The van der Waals surface area contributed by atoms with Crippen LogP contribution in [0, 0.1) is 6.92 Å². The first-order chi connectivity index (χ1) is 9.95. The van der Waals surface area contributed by atoms with Gasteiger partial charge in [0.1, 0.15) is 0 Å². The van der Waals surface area contributed by atoms with Crippen molar-refractivity contribution in [3.8, 4) is 0 Å². The first-order valence-corrected chi connectivity index (χ1v) is 7.56. The summed E-state index contributed by atoms with van der Waals surface area (Å²) < 4.78 is 0.930. The number of carbonyl (C=O) groups excluding carboxylic acids is 2. The van der Waals surface area contributed by atoms with E-state index in [2.05, 4.69) is 31.6 Å². The Labute approximate surface area is 132 Å². The van der Waals surface area contributed by atoms with Crippen LogP contribution in [-0.4, -0.2) is 54.9 Å². The van der Waals surface area contributed by atoms with Gasteiger partial charge in [0, 0.05) is 36.3 Å². The number of benzene rings is 1. The summed E-state index contributed by atoms with van der Waals surface area (Å²) in [5.41, 5.74) is 4.17. The molecule has 0 saturated carbocycles. The summed E-state index contributed by atoms with van der Waals surface area (Å²) >= 11 is 3.36. The zero-order valence-electron chi connectivity index (χ0n) is 12.1. The lowest BCUT2D eigenvalue weighted by Crippen LogP contribution is -2.54. The summed E-state index contributed by atoms with van der Waals surface area (Å²) in [5.74, 6) is -1.29. The van der Waals surface area contributed by atoms with Gasteiger partial charge in [-0.1, -0.05) is 15.9 Å².